The van der Waals surface area contributed by atoms with E-state index in [1.54, 1.807) is 24.3 Å². The Morgan fingerprint density at radius 2 is 1.65 bits per heavy atom. The number of amides is 1. The second-order valence-corrected chi connectivity index (χ2v) is 5.97. The monoisotopic (exact) mass is 333 g/mol. The molecular weight excluding hydrogens is 321 g/mol. The summed E-state index contributed by atoms with van der Waals surface area (Å²) in [6.07, 6.45) is 1.78. The van der Waals surface area contributed by atoms with Crippen molar-refractivity contribution in [3.05, 3.63) is 69.9 Å². The fraction of sp³-hybridized carbons (Fsp3) is 0.188. The van der Waals surface area contributed by atoms with Crippen LogP contribution in [0.25, 0.3) is 0 Å². The van der Waals surface area contributed by atoms with Gasteiger partial charge in [0, 0.05) is 10.0 Å². The second kappa shape index (κ2) is 5.02. The number of benzene rings is 2. The lowest BCUT2D eigenvalue weighted by atomic mass is 10.0. The summed E-state index contributed by atoms with van der Waals surface area (Å²) in [4.78, 5) is 12.3. The van der Waals surface area contributed by atoms with Gasteiger partial charge in [-0.15, -0.1) is 0 Å². The molecule has 0 unspecified atom stereocenters. The first kappa shape index (κ1) is 13.3. The van der Waals surface area contributed by atoms with Crippen molar-refractivity contribution < 1.29 is 9.18 Å². The normalized spacial score (nSPS) is 15.7. The van der Waals surface area contributed by atoms with E-state index in [-0.39, 0.29) is 17.3 Å². The van der Waals surface area contributed by atoms with Gasteiger partial charge in [-0.3, -0.25) is 4.79 Å². The van der Waals surface area contributed by atoms with Gasteiger partial charge >= 0.3 is 0 Å². The van der Waals surface area contributed by atoms with Crippen LogP contribution >= 0.6 is 15.9 Å². The van der Waals surface area contributed by atoms with Gasteiger partial charge in [-0.1, -0.05) is 28.1 Å². The second-order valence-electron chi connectivity index (χ2n) is 5.05. The first-order valence-electron chi connectivity index (χ1n) is 6.43. The molecule has 0 atom stereocenters. The zero-order valence-electron chi connectivity index (χ0n) is 10.7. The molecule has 102 valence electrons. The molecule has 1 amide bonds. The third kappa shape index (κ3) is 2.61. The molecule has 4 heteroatoms. The fourth-order valence-electron chi connectivity index (χ4n) is 2.27. The Bertz CT molecular complexity index is 633. The van der Waals surface area contributed by atoms with Gasteiger partial charge < -0.3 is 5.32 Å². The molecular formula is C16H13BrFNO. The van der Waals surface area contributed by atoms with E-state index < -0.39 is 0 Å². The highest BCUT2D eigenvalue weighted by atomic mass is 79.9. The molecule has 1 saturated carbocycles. The van der Waals surface area contributed by atoms with E-state index in [0.717, 1.165) is 22.9 Å². The lowest BCUT2D eigenvalue weighted by molar-refractivity contribution is 0.0931. The fourth-order valence-corrected chi connectivity index (χ4v) is 2.53. The molecule has 0 aliphatic heterocycles. The smallest absolute Gasteiger partial charge is 0.251 e. The Balaban J connectivity index is 1.78. The molecule has 2 aromatic rings. The zero-order chi connectivity index (χ0) is 14.2. The van der Waals surface area contributed by atoms with Gasteiger partial charge in [0.15, 0.2) is 0 Å². The molecule has 1 aliphatic carbocycles. The maximum absolute atomic E-state index is 13.0. The molecule has 0 bridgehead atoms. The molecule has 1 fully saturated rings. The van der Waals surface area contributed by atoms with Crippen LogP contribution in [0.5, 0.6) is 0 Å². The van der Waals surface area contributed by atoms with Gasteiger partial charge in [0.2, 0.25) is 0 Å². The van der Waals surface area contributed by atoms with Crippen LogP contribution in [-0.4, -0.2) is 5.91 Å². The third-order valence-corrected chi connectivity index (χ3v) is 4.13. The Kier molecular flexibility index (Phi) is 3.34. The molecule has 2 nitrogen and oxygen atoms in total. The van der Waals surface area contributed by atoms with Crippen molar-refractivity contribution in [3.63, 3.8) is 0 Å². The zero-order valence-corrected chi connectivity index (χ0v) is 12.3. The van der Waals surface area contributed by atoms with Gasteiger partial charge in [0.05, 0.1) is 5.54 Å². The van der Waals surface area contributed by atoms with E-state index >= 15 is 0 Å². The summed E-state index contributed by atoms with van der Waals surface area (Å²) < 4.78 is 13.9. The maximum Gasteiger partial charge on any atom is 0.251 e. The van der Waals surface area contributed by atoms with E-state index in [1.165, 1.54) is 12.1 Å². The molecule has 0 saturated heterocycles. The Hall–Kier alpha value is -1.68. The van der Waals surface area contributed by atoms with Gasteiger partial charge in [0.25, 0.3) is 5.91 Å². The van der Waals surface area contributed by atoms with E-state index in [9.17, 15) is 9.18 Å². The molecule has 2 aromatic carbocycles. The average Bonchev–Trinajstić information content (AvgIpc) is 3.21. The Labute approximate surface area is 125 Å². The molecule has 1 N–H and O–H groups in total. The van der Waals surface area contributed by atoms with Crippen LogP contribution in [0.4, 0.5) is 4.39 Å². The number of rotatable bonds is 3. The molecule has 0 radical (unpaired) electrons. The number of carbonyl (C=O) groups excluding carboxylic acids is 1. The third-order valence-electron chi connectivity index (χ3n) is 3.61. The van der Waals surface area contributed by atoms with Crippen LogP contribution < -0.4 is 5.32 Å². The largest absolute Gasteiger partial charge is 0.343 e. The van der Waals surface area contributed by atoms with Crippen molar-refractivity contribution in [2.24, 2.45) is 0 Å². The number of carbonyl (C=O) groups is 1. The Morgan fingerprint density at radius 3 is 2.20 bits per heavy atom. The van der Waals surface area contributed by atoms with Crippen LogP contribution in [0.15, 0.2) is 53.0 Å². The van der Waals surface area contributed by atoms with E-state index in [4.69, 9.17) is 0 Å². The standard InChI is InChI=1S/C16H13BrFNO/c17-13-5-1-11(2-6-13)15(20)19-16(9-10-16)12-3-7-14(18)8-4-12/h1-8H,9-10H2,(H,19,20). The first-order chi connectivity index (χ1) is 9.59. The van der Waals surface area contributed by atoms with E-state index in [1.807, 2.05) is 12.1 Å². The van der Waals surface area contributed by atoms with Crippen molar-refractivity contribution in [1.82, 2.24) is 5.32 Å². The van der Waals surface area contributed by atoms with Crippen LogP contribution in [0.3, 0.4) is 0 Å². The first-order valence-corrected chi connectivity index (χ1v) is 7.22. The molecule has 3 rings (SSSR count). The van der Waals surface area contributed by atoms with Crippen LogP contribution in [0, 0.1) is 5.82 Å². The molecule has 1 aliphatic rings. The SMILES string of the molecule is O=C(NC1(c2ccc(F)cc2)CC1)c1ccc(Br)cc1. The van der Waals surface area contributed by atoms with Gasteiger partial charge in [0.1, 0.15) is 5.82 Å². The number of hydrogen-bond donors (Lipinski definition) is 1. The topological polar surface area (TPSA) is 29.1 Å². The summed E-state index contributed by atoms with van der Waals surface area (Å²) in [5, 5.41) is 3.06. The summed E-state index contributed by atoms with van der Waals surface area (Å²) in [5.74, 6) is -0.358. The van der Waals surface area contributed by atoms with Gasteiger partial charge in [-0.25, -0.2) is 4.39 Å². The van der Waals surface area contributed by atoms with Crippen LogP contribution in [0.2, 0.25) is 0 Å². The van der Waals surface area contributed by atoms with Crippen molar-refractivity contribution in [3.8, 4) is 0 Å². The van der Waals surface area contributed by atoms with E-state index in [2.05, 4.69) is 21.2 Å². The van der Waals surface area contributed by atoms with Crippen molar-refractivity contribution in [1.29, 1.82) is 0 Å². The lowest BCUT2D eigenvalue weighted by Gasteiger charge is -2.18. The minimum atomic E-state index is -0.322. The molecule has 0 spiro atoms. The highest BCUT2D eigenvalue weighted by Gasteiger charge is 2.45. The van der Waals surface area contributed by atoms with Gasteiger partial charge in [-0.2, -0.15) is 0 Å². The highest BCUT2D eigenvalue weighted by molar-refractivity contribution is 9.10. The number of halogens is 2. The average molecular weight is 334 g/mol. The lowest BCUT2D eigenvalue weighted by Crippen LogP contribution is -2.34. The van der Waals surface area contributed by atoms with Crippen molar-refractivity contribution >= 4 is 21.8 Å². The maximum atomic E-state index is 13.0. The predicted octanol–water partition coefficient (Wildman–Crippen LogP) is 4.01. The van der Waals surface area contributed by atoms with Gasteiger partial charge in [-0.05, 0) is 54.8 Å². The van der Waals surface area contributed by atoms with Crippen LogP contribution in [-0.2, 0) is 5.54 Å². The minimum absolute atomic E-state index is 0.0978. The summed E-state index contributed by atoms with van der Waals surface area (Å²) in [6, 6.07) is 13.6. The summed E-state index contributed by atoms with van der Waals surface area (Å²) in [5.41, 5.74) is 1.27. The summed E-state index contributed by atoms with van der Waals surface area (Å²) in [7, 11) is 0. The minimum Gasteiger partial charge on any atom is -0.343 e. The predicted molar refractivity (Wildman–Crippen MR) is 78.9 cm³/mol. The highest BCUT2D eigenvalue weighted by Crippen LogP contribution is 2.45. The summed E-state index contributed by atoms with van der Waals surface area (Å²) >= 11 is 3.34. The van der Waals surface area contributed by atoms with E-state index in [0.29, 0.717) is 5.56 Å². The number of hydrogen-bond acceptors (Lipinski definition) is 1. The van der Waals surface area contributed by atoms with Crippen molar-refractivity contribution in [2.45, 2.75) is 18.4 Å². The molecule has 0 aromatic heterocycles. The Morgan fingerprint density at radius 1 is 1.05 bits per heavy atom. The van der Waals surface area contributed by atoms with Crippen molar-refractivity contribution in [2.75, 3.05) is 0 Å². The molecule has 0 heterocycles. The summed E-state index contributed by atoms with van der Waals surface area (Å²) in [6.45, 7) is 0. The quantitative estimate of drug-likeness (QED) is 0.903. The number of nitrogens with one attached hydrogen (secondary N) is 1. The molecule has 20 heavy (non-hydrogen) atoms. The van der Waals surface area contributed by atoms with Crippen LogP contribution in [0.1, 0.15) is 28.8 Å².